The molecule has 1 aliphatic rings. The van der Waals surface area contributed by atoms with Crippen molar-refractivity contribution in [3.05, 3.63) is 29.9 Å². The minimum atomic E-state index is -0.234. The Balaban J connectivity index is 2.24. The van der Waals surface area contributed by atoms with Crippen LogP contribution in [0.25, 0.3) is 0 Å². The number of hydrogen-bond donors (Lipinski definition) is 2. The summed E-state index contributed by atoms with van der Waals surface area (Å²) in [5.41, 5.74) is 7.91. The second kappa shape index (κ2) is 3.58. The predicted octanol–water partition coefficient (Wildman–Crippen LogP) is 2.43. The van der Waals surface area contributed by atoms with E-state index in [-0.39, 0.29) is 5.54 Å². The molecule has 1 aromatic carbocycles. The van der Waals surface area contributed by atoms with Crippen LogP contribution in [0.4, 0.5) is 11.4 Å². The first-order valence-electron chi connectivity index (χ1n) is 4.91. The molecule has 0 bridgehead atoms. The fourth-order valence-corrected chi connectivity index (χ4v) is 1.82. The molecule has 2 rings (SSSR count). The van der Waals surface area contributed by atoms with E-state index in [0.717, 1.165) is 22.9 Å². The van der Waals surface area contributed by atoms with E-state index < -0.39 is 0 Å². The Hall–Kier alpha value is -0.930. The third-order valence-electron chi connectivity index (χ3n) is 2.22. The molecule has 4 heteroatoms. The molecule has 81 valence electrons. The summed E-state index contributed by atoms with van der Waals surface area (Å²) >= 11 is 5.96. The lowest BCUT2D eigenvalue weighted by atomic mass is 10.1. The number of anilines is 2. The molecule has 0 atom stereocenters. The summed E-state index contributed by atoms with van der Waals surface area (Å²) in [6.07, 6.45) is 0. The standard InChI is InChI=1S/C11H15ClN3/c1-11(2,13)6-15-7-14-9-4-3-8(12)5-10(9)15/h3-5,7,14H,6,13H2,1-2H3. The van der Waals surface area contributed by atoms with Crippen LogP contribution in [0.5, 0.6) is 0 Å². The van der Waals surface area contributed by atoms with Crippen LogP contribution in [-0.2, 0) is 0 Å². The van der Waals surface area contributed by atoms with Crippen LogP contribution in [0.15, 0.2) is 18.2 Å². The van der Waals surface area contributed by atoms with E-state index in [1.807, 2.05) is 38.7 Å². The van der Waals surface area contributed by atoms with Crippen molar-refractivity contribution in [1.29, 1.82) is 0 Å². The Morgan fingerprint density at radius 1 is 1.47 bits per heavy atom. The van der Waals surface area contributed by atoms with Gasteiger partial charge in [0, 0.05) is 17.1 Å². The molecule has 0 aliphatic carbocycles. The summed E-state index contributed by atoms with van der Waals surface area (Å²) < 4.78 is 0. The van der Waals surface area contributed by atoms with Gasteiger partial charge >= 0.3 is 0 Å². The highest BCUT2D eigenvalue weighted by Crippen LogP contribution is 2.35. The molecule has 1 aromatic rings. The van der Waals surface area contributed by atoms with Crippen molar-refractivity contribution in [2.24, 2.45) is 5.73 Å². The van der Waals surface area contributed by atoms with Crippen molar-refractivity contribution in [2.45, 2.75) is 19.4 Å². The van der Waals surface area contributed by atoms with Crippen molar-refractivity contribution in [1.82, 2.24) is 0 Å². The largest absolute Gasteiger partial charge is 0.360 e. The highest BCUT2D eigenvalue weighted by molar-refractivity contribution is 6.31. The van der Waals surface area contributed by atoms with E-state index in [9.17, 15) is 0 Å². The maximum absolute atomic E-state index is 5.99. The third-order valence-corrected chi connectivity index (χ3v) is 2.46. The normalized spacial score (nSPS) is 15.1. The van der Waals surface area contributed by atoms with Crippen LogP contribution in [0.3, 0.4) is 0 Å². The molecule has 0 saturated heterocycles. The number of rotatable bonds is 2. The monoisotopic (exact) mass is 224 g/mol. The number of fused-ring (bicyclic) bond motifs is 1. The van der Waals surface area contributed by atoms with Crippen LogP contribution in [0.2, 0.25) is 5.02 Å². The van der Waals surface area contributed by atoms with E-state index in [0.29, 0.717) is 0 Å². The van der Waals surface area contributed by atoms with Gasteiger partial charge in [0.05, 0.1) is 11.4 Å². The number of hydrogen-bond acceptors (Lipinski definition) is 3. The minimum Gasteiger partial charge on any atom is -0.360 e. The highest BCUT2D eigenvalue weighted by Gasteiger charge is 2.24. The number of benzene rings is 1. The molecule has 1 heterocycles. The van der Waals surface area contributed by atoms with Gasteiger partial charge in [0.2, 0.25) is 0 Å². The second-order valence-electron chi connectivity index (χ2n) is 4.55. The van der Waals surface area contributed by atoms with Crippen LogP contribution < -0.4 is 16.0 Å². The van der Waals surface area contributed by atoms with Gasteiger partial charge in [-0.25, -0.2) is 0 Å². The molecular weight excluding hydrogens is 210 g/mol. The molecule has 1 radical (unpaired) electrons. The van der Waals surface area contributed by atoms with Gasteiger partial charge in [-0.1, -0.05) is 11.6 Å². The molecule has 0 spiro atoms. The molecule has 0 amide bonds. The van der Waals surface area contributed by atoms with E-state index in [2.05, 4.69) is 10.2 Å². The first kappa shape index (κ1) is 10.6. The number of nitrogens with two attached hydrogens (primary N) is 1. The summed E-state index contributed by atoms with van der Waals surface area (Å²) in [6.45, 7) is 6.69. The van der Waals surface area contributed by atoms with Gasteiger partial charge in [0.25, 0.3) is 0 Å². The average Bonchev–Trinajstić information content (AvgIpc) is 2.46. The summed E-state index contributed by atoms with van der Waals surface area (Å²) in [4.78, 5) is 2.08. The van der Waals surface area contributed by atoms with Gasteiger partial charge in [-0.3, -0.25) is 0 Å². The minimum absolute atomic E-state index is 0.234. The zero-order valence-corrected chi connectivity index (χ0v) is 9.67. The molecule has 0 saturated carbocycles. The number of nitrogens with zero attached hydrogens (tertiary/aromatic N) is 1. The lowest BCUT2D eigenvalue weighted by Gasteiger charge is -2.27. The van der Waals surface area contributed by atoms with Crippen molar-refractivity contribution in [3.63, 3.8) is 0 Å². The van der Waals surface area contributed by atoms with Crippen LogP contribution >= 0.6 is 11.6 Å². The first-order chi connectivity index (χ1) is 6.96. The maximum atomic E-state index is 5.99. The smallest absolute Gasteiger partial charge is 0.139 e. The van der Waals surface area contributed by atoms with Gasteiger partial charge in [-0.2, -0.15) is 0 Å². The molecule has 0 fully saturated rings. The van der Waals surface area contributed by atoms with E-state index in [4.69, 9.17) is 17.3 Å². The lowest BCUT2D eigenvalue weighted by Crippen LogP contribution is -2.44. The fraction of sp³-hybridized carbons (Fsp3) is 0.364. The molecule has 1 aliphatic heterocycles. The topological polar surface area (TPSA) is 41.3 Å². The molecule has 0 aromatic heterocycles. The van der Waals surface area contributed by atoms with Gasteiger partial charge in [0.1, 0.15) is 6.67 Å². The quantitative estimate of drug-likeness (QED) is 0.811. The maximum Gasteiger partial charge on any atom is 0.139 e. The Bertz CT molecular complexity index is 371. The number of nitrogens with one attached hydrogen (secondary N) is 1. The van der Waals surface area contributed by atoms with E-state index in [1.54, 1.807) is 0 Å². The molecular formula is C11H15ClN3. The van der Waals surface area contributed by atoms with Crippen molar-refractivity contribution in [2.75, 3.05) is 16.8 Å². The lowest BCUT2D eigenvalue weighted by molar-refractivity contribution is 0.522. The van der Waals surface area contributed by atoms with E-state index >= 15 is 0 Å². The van der Waals surface area contributed by atoms with Gasteiger partial charge in [0.15, 0.2) is 0 Å². The Kier molecular flexibility index (Phi) is 2.52. The Labute approximate surface area is 95.2 Å². The second-order valence-corrected chi connectivity index (χ2v) is 4.99. The predicted molar refractivity (Wildman–Crippen MR) is 65.0 cm³/mol. The van der Waals surface area contributed by atoms with Crippen LogP contribution in [0.1, 0.15) is 13.8 Å². The summed E-state index contributed by atoms with van der Waals surface area (Å²) in [6, 6.07) is 5.79. The molecule has 15 heavy (non-hydrogen) atoms. The summed E-state index contributed by atoms with van der Waals surface area (Å²) in [5, 5.41) is 3.93. The fourth-order valence-electron chi connectivity index (χ4n) is 1.65. The average molecular weight is 225 g/mol. The third kappa shape index (κ3) is 2.36. The van der Waals surface area contributed by atoms with E-state index in [1.165, 1.54) is 0 Å². The molecule has 3 nitrogen and oxygen atoms in total. The van der Waals surface area contributed by atoms with Gasteiger partial charge < -0.3 is 16.0 Å². The Morgan fingerprint density at radius 2 is 2.20 bits per heavy atom. The Morgan fingerprint density at radius 3 is 2.87 bits per heavy atom. The highest BCUT2D eigenvalue weighted by atomic mass is 35.5. The van der Waals surface area contributed by atoms with Gasteiger partial charge in [-0.15, -0.1) is 0 Å². The molecule has 3 N–H and O–H groups in total. The van der Waals surface area contributed by atoms with Crippen LogP contribution in [0, 0.1) is 6.67 Å². The van der Waals surface area contributed by atoms with Crippen molar-refractivity contribution < 1.29 is 0 Å². The van der Waals surface area contributed by atoms with Crippen molar-refractivity contribution >= 4 is 23.0 Å². The summed E-state index contributed by atoms with van der Waals surface area (Å²) in [7, 11) is 0. The first-order valence-corrected chi connectivity index (χ1v) is 5.28. The zero-order valence-electron chi connectivity index (χ0n) is 8.92. The number of halogens is 1. The van der Waals surface area contributed by atoms with Crippen LogP contribution in [-0.4, -0.2) is 12.1 Å². The summed E-state index contributed by atoms with van der Waals surface area (Å²) in [5.74, 6) is 0. The molecule has 0 unspecified atom stereocenters. The van der Waals surface area contributed by atoms with Gasteiger partial charge in [-0.05, 0) is 32.0 Å². The zero-order chi connectivity index (χ0) is 11.1. The SMILES string of the molecule is CC(C)(N)CN1[CH]Nc2ccc(Cl)cc21. The van der Waals surface area contributed by atoms with Crippen molar-refractivity contribution in [3.8, 4) is 0 Å².